The number of nitrogens with zero attached hydrogens (tertiary/aromatic N) is 1. The van der Waals surface area contributed by atoms with Crippen LogP contribution in [0.4, 0.5) is 4.79 Å². The van der Waals surface area contributed by atoms with Gasteiger partial charge in [-0.05, 0) is 19.4 Å². The highest BCUT2D eigenvalue weighted by atomic mass is 32.1. The van der Waals surface area contributed by atoms with Crippen LogP contribution in [0.25, 0.3) is 0 Å². The summed E-state index contributed by atoms with van der Waals surface area (Å²) in [5.41, 5.74) is 3.39. The van der Waals surface area contributed by atoms with E-state index in [1.165, 1.54) is 5.56 Å². The van der Waals surface area contributed by atoms with E-state index < -0.39 is 0 Å². The Morgan fingerprint density at radius 2 is 1.91 bits per heavy atom. The summed E-state index contributed by atoms with van der Waals surface area (Å²) in [6.07, 6.45) is 0. The van der Waals surface area contributed by atoms with Crippen molar-refractivity contribution in [2.45, 2.75) is 52.6 Å². The number of nitrogens with one attached hydrogen (secondary N) is 2. The summed E-state index contributed by atoms with van der Waals surface area (Å²) >= 11 is 1.59. The van der Waals surface area contributed by atoms with E-state index in [1.54, 1.807) is 11.3 Å². The zero-order valence-electron chi connectivity index (χ0n) is 14.4. The highest BCUT2D eigenvalue weighted by Gasteiger charge is 2.20. The number of amides is 2. The van der Waals surface area contributed by atoms with E-state index in [0.29, 0.717) is 6.54 Å². The monoisotopic (exact) mass is 331 g/mol. The largest absolute Gasteiger partial charge is 0.334 e. The maximum absolute atomic E-state index is 12.0. The van der Waals surface area contributed by atoms with E-state index in [1.807, 2.05) is 38.1 Å². The molecule has 1 unspecified atom stereocenters. The molecule has 1 atom stereocenters. The third-order valence-electron chi connectivity index (χ3n) is 3.58. The summed E-state index contributed by atoms with van der Waals surface area (Å²) in [4.78, 5) is 16.7. The van der Waals surface area contributed by atoms with Crippen LogP contribution >= 0.6 is 11.3 Å². The molecule has 0 saturated heterocycles. The molecule has 124 valence electrons. The Morgan fingerprint density at radius 1 is 1.26 bits per heavy atom. The minimum absolute atomic E-state index is 0.0299. The standard InChI is InChI=1S/C18H25N3OS/c1-12-6-8-14(9-7-12)10-19-17(22)20-13(2)16-21-15(11-23-16)18(3,4)5/h6-9,11,13H,10H2,1-5H3,(H2,19,20,22). The first kappa shape index (κ1) is 17.5. The first-order valence-electron chi connectivity index (χ1n) is 7.81. The molecule has 0 aliphatic heterocycles. The molecule has 0 aliphatic carbocycles. The number of aromatic nitrogens is 1. The van der Waals surface area contributed by atoms with Crippen molar-refractivity contribution in [3.8, 4) is 0 Å². The fraction of sp³-hybridized carbons (Fsp3) is 0.444. The van der Waals surface area contributed by atoms with E-state index in [4.69, 9.17) is 0 Å². The zero-order chi connectivity index (χ0) is 17.0. The van der Waals surface area contributed by atoms with Crippen LogP contribution in [-0.4, -0.2) is 11.0 Å². The van der Waals surface area contributed by atoms with E-state index in [-0.39, 0.29) is 17.5 Å². The SMILES string of the molecule is Cc1ccc(CNC(=O)NC(C)c2nc(C(C)(C)C)cs2)cc1. The van der Waals surface area contributed by atoms with Crippen LogP contribution in [0.15, 0.2) is 29.6 Å². The van der Waals surface area contributed by atoms with E-state index in [9.17, 15) is 4.79 Å². The second-order valence-corrected chi connectivity index (χ2v) is 7.74. The average molecular weight is 331 g/mol. The Hall–Kier alpha value is -1.88. The van der Waals surface area contributed by atoms with Crippen molar-refractivity contribution in [3.63, 3.8) is 0 Å². The quantitative estimate of drug-likeness (QED) is 0.877. The number of carbonyl (C=O) groups is 1. The first-order valence-corrected chi connectivity index (χ1v) is 8.69. The molecule has 0 spiro atoms. The molecular weight excluding hydrogens is 306 g/mol. The fourth-order valence-corrected chi connectivity index (χ4v) is 3.08. The van der Waals surface area contributed by atoms with Gasteiger partial charge in [-0.2, -0.15) is 0 Å². The summed E-state index contributed by atoms with van der Waals surface area (Å²) in [5.74, 6) is 0. The van der Waals surface area contributed by atoms with Crippen LogP contribution in [0, 0.1) is 6.92 Å². The van der Waals surface area contributed by atoms with Gasteiger partial charge in [-0.1, -0.05) is 50.6 Å². The second-order valence-electron chi connectivity index (χ2n) is 6.86. The van der Waals surface area contributed by atoms with E-state index >= 15 is 0 Å². The van der Waals surface area contributed by atoms with Gasteiger partial charge in [0.05, 0.1) is 11.7 Å². The molecule has 2 aromatic rings. The highest BCUT2D eigenvalue weighted by molar-refractivity contribution is 7.09. The molecule has 1 aromatic heterocycles. The maximum Gasteiger partial charge on any atom is 0.315 e. The Labute approximate surface area is 142 Å². The molecule has 2 N–H and O–H groups in total. The van der Waals surface area contributed by atoms with Crippen molar-refractivity contribution < 1.29 is 4.79 Å². The minimum Gasteiger partial charge on any atom is -0.334 e. The molecule has 2 amide bonds. The first-order chi connectivity index (χ1) is 10.8. The van der Waals surface area contributed by atoms with Crippen molar-refractivity contribution in [2.75, 3.05) is 0 Å². The number of benzene rings is 1. The number of aryl methyl sites for hydroxylation is 1. The lowest BCUT2D eigenvalue weighted by molar-refractivity contribution is 0.237. The predicted molar refractivity (Wildman–Crippen MR) is 95.8 cm³/mol. The number of thiazole rings is 1. The summed E-state index contributed by atoms with van der Waals surface area (Å²) < 4.78 is 0. The van der Waals surface area contributed by atoms with Crippen molar-refractivity contribution in [3.05, 3.63) is 51.5 Å². The molecule has 0 radical (unpaired) electrons. The van der Waals surface area contributed by atoms with Crippen LogP contribution in [-0.2, 0) is 12.0 Å². The topological polar surface area (TPSA) is 54.0 Å². The molecule has 0 aliphatic rings. The third kappa shape index (κ3) is 5.06. The number of urea groups is 1. The van der Waals surface area contributed by atoms with E-state index in [0.717, 1.165) is 16.3 Å². The van der Waals surface area contributed by atoms with Crippen molar-refractivity contribution in [1.82, 2.24) is 15.6 Å². The lowest BCUT2D eigenvalue weighted by atomic mass is 9.93. The van der Waals surface area contributed by atoms with Crippen LogP contribution in [0.3, 0.4) is 0 Å². The number of hydrogen-bond donors (Lipinski definition) is 2. The summed E-state index contributed by atoms with van der Waals surface area (Å²) in [7, 11) is 0. The minimum atomic E-state index is -0.175. The molecule has 4 nitrogen and oxygen atoms in total. The molecule has 0 fully saturated rings. The van der Waals surface area contributed by atoms with Crippen molar-refractivity contribution in [2.24, 2.45) is 0 Å². The Morgan fingerprint density at radius 3 is 2.48 bits per heavy atom. The molecule has 5 heteroatoms. The lowest BCUT2D eigenvalue weighted by Crippen LogP contribution is -2.36. The number of rotatable bonds is 4. The summed E-state index contributed by atoms with van der Waals surface area (Å²) in [6.45, 7) is 10.9. The number of hydrogen-bond acceptors (Lipinski definition) is 3. The predicted octanol–water partition coefficient (Wildman–Crippen LogP) is 4.31. The molecule has 0 saturated carbocycles. The second kappa shape index (κ2) is 7.13. The van der Waals surface area contributed by atoms with Gasteiger partial charge in [0.2, 0.25) is 0 Å². The Kier molecular flexibility index (Phi) is 5.42. The molecule has 1 aromatic carbocycles. The molecule has 0 bridgehead atoms. The average Bonchev–Trinajstić information content (AvgIpc) is 2.96. The summed E-state index contributed by atoms with van der Waals surface area (Å²) in [6, 6.07) is 7.85. The van der Waals surface area contributed by atoms with Gasteiger partial charge in [0.15, 0.2) is 0 Å². The fourth-order valence-electron chi connectivity index (χ4n) is 2.03. The van der Waals surface area contributed by atoms with Crippen molar-refractivity contribution in [1.29, 1.82) is 0 Å². The molecular formula is C18H25N3OS. The normalized spacial score (nSPS) is 12.7. The lowest BCUT2D eigenvalue weighted by Gasteiger charge is -2.15. The van der Waals surface area contributed by atoms with Crippen LogP contribution in [0.1, 0.15) is 55.6 Å². The van der Waals surface area contributed by atoms with Gasteiger partial charge in [0, 0.05) is 17.3 Å². The van der Waals surface area contributed by atoms with Gasteiger partial charge in [-0.3, -0.25) is 0 Å². The van der Waals surface area contributed by atoms with E-state index in [2.05, 4.69) is 41.8 Å². The van der Waals surface area contributed by atoms with Gasteiger partial charge in [0.1, 0.15) is 5.01 Å². The Balaban J connectivity index is 1.87. The zero-order valence-corrected chi connectivity index (χ0v) is 15.3. The summed E-state index contributed by atoms with van der Waals surface area (Å²) in [5, 5.41) is 8.82. The number of carbonyl (C=O) groups excluding carboxylic acids is 1. The molecule has 23 heavy (non-hydrogen) atoms. The van der Waals surface area contributed by atoms with Gasteiger partial charge in [0.25, 0.3) is 0 Å². The van der Waals surface area contributed by atoms with Crippen LogP contribution in [0.5, 0.6) is 0 Å². The van der Waals surface area contributed by atoms with Crippen LogP contribution < -0.4 is 10.6 Å². The maximum atomic E-state index is 12.0. The van der Waals surface area contributed by atoms with Gasteiger partial charge in [-0.25, -0.2) is 9.78 Å². The Bertz CT molecular complexity index is 656. The molecule has 2 rings (SSSR count). The molecule has 1 heterocycles. The van der Waals surface area contributed by atoms with Gasteiger partial charge >= 0.3 is 6.03 Å². The van der Waals surface area contributed by atoms with Gasteiger partial charge in [-0.15, -0.1) is 11.3 Å². The third-order valence-corrected chi connectivity index (χ3v) is 4.61. The van der Waals surface area contributed by atoms with Gasteiger partial charge < -0.3 is 10.6 Å². The van der Waals surface area contributed by atoms with Crippen molar-refractivity contribution >= 4 is 17.4 Å². The smallest absolute Gasteiger partial charge is 0.315 e. The van der Waals surface area contributed by atoms with Crippen LogP contribution in [0.2, 0.25) is 0 Å². The highest BCUT2D eigenvalue weighted by Crippen LogP contribution is 2.26.